The van der Waals surface area contributed by atoms with Gasteiger partial charge in [-0.1, -0.05) is 23.2 Å². The van der Waals surface area contributed by atoms with Crippen molar-refractivity contribution in [2.45, 2.75) is 13.0 Å². The van der Waals surface area contributed by atoms with E-state index in [0.29, 0.717) is 26.0 Å². The van der Waals surface area contributed by atoms with Crippen molar-refractivity contribution in [3.05, 3.63) is 32.5 Å². The highest BCUT2D eigenvalue weighted by atomic mass is 79.9. The molecule has 8 heteroatoms. The van der Waals surface area contributed by atoms with E-state index >= 15 is 0 Å². The second-order valence-electron chi connectivity index (χ2n) is 3.43. The Morgan fingerprint density at radius 1 is 1.35 bits per heavy atom. The molecule has 0 amide bonds. The first-order valence-corrected chi connectivity index (χ1v) is 6.25. The van der Waals surface area contributed by atoms with Crippen LogP contribution in [0.1, 0.15) is 18.8 Å². The maximum Gasteiger partial charge on any atom is 0.173 e. The molecule has 0 saturated carbocycles. The maximum atomic E-state index is 6.15. The summed E-state index contributed by atoms with van der Waals surface area (Å²) in [5.41, 5.74) is 6.36. The first kappa shape index (κ1) is 12.8. The van der Waals surface area contributed by atoms with Gasteiger partial charge in [-0.2, -0.15) is 4.68 Å². The van der Waals surface area contributed by atoms with Crippen LogP contribution in [-0.4, -0.2) is 20.2 Å². The Morgan fingerprint density at radius 3 is 2.71 bits per heavy atom. The van der Waals surface area contributed by atoms with Crippen molar-refractivity contribution in [1.29, 1.82) is 0 Å². The van der Waals surface area contributed by atoms with E-state index in [1.165, 1.54) is 4.68 Å². The van der Waals surface area contributed by atoms with E-state index < -0.39 is 0 Å². The lowest BCUT2D eigenvalue weighted by atomic mass is 10.3. The summed E-state index contributed by atoms with van der Waals surface area (Å²) in [6.07, 6.45) is 0. The van der Waals surface area contributed by atoms with E-state index in [4.69, 9.17) is 28.9 Å². The highest BCUT2D eigenvalue weighted by Crippen LogP contribution is 2.34. The summed E-state index contributed by atoms with van der Waals surface area (Å²) >= 11 is 15.5. The largest absolute Gasteiger partial charge is 0.321 e. The van der Waals surface area contributed by atoms with E-state index in [1.807, 2.05) is 0 Å². The van der Waals surface area contributed by atoms with Crippen LogP contribution in [0.4, 0.5) is 0 Å². The minimum Gasteiger partial charge on any atom is -0.321 e. The summed E-state index contributed by atoms with van der Waals surface area (Å²) in [6.45, 7) is 1.79. The summed E-state index contributed by atoms with van der Waals surface area (Å²) in [5, 5.41) is 12.1. The van der Waals surface area contributed by atoms with Gasteiger partial charge in [0.15, 0.2) is 5.82 Å². The molecule has 90 valence electrons. The minimum atomic E-state index is -0.302. The SMILES string of the molecule is CC(N)c1nnnn1-c1ccc(Br)c(Cl)c1Cl. The molecule has 1 aromatic heterocycles. The number of nitrogens with zero attached hydrogens (tertiary/aromatic N) is 4. The molecule has 0 fully saturated rings. The fourth-order valence-corrected chi connectivity index (χ4v) is 2.18. The van der Waals surface area contributed by atoms with E-state index in [1.54, 1.807) is 19.1 Å². The summed E-state index contributed by atoms with van der Waals surface area (Å²) in [6, 6.07) is 3.24. The first-order chi connectivity index (χ1) is 8.02. The van der Waals surface area contributed by atoms with Crippen molar-refractivity contribution < 1.29 is 0 Å². The van der Waals surface area contributed by atoms with Crippen molar-refractivity contribution in [2.24, 2.45) is 5.73 Å². The number of halogens is 3. The highest BCUT2D eigenvalue weighted by Gasteiger charge is 2.17. The molecule has 0 aliphatic carbocycles. The molecule has 17 heavy (non-hydrogen) atoms. The smallest absolute Gasteiger partial charge is 0.173 e. The van der Waals surface area contributed by atoms with Gasteiger partial charge in [-0.05, 0) is 45.4 Å². The molecule has 0 aliphatic rings. The Labute approximate surface area is 116 Å². The normalized spacial score (nSPS) is 12.8. The Balaban J connectivity index is 2.61. The predicted molar refractivity (Wildman–Crippen MR) is 69.5 cm³/mol. The summed E-state index contributed by atoms with van der Waals surface area (Å²) in [7, 11) is 0. The van der Waals surface area contributed by atoms with Gasteiger partial charge in [-0.15, -0.1) is 5.10 Å². The average Bonchev–Trinajstić information content (AvgIpc) is 2.75. The van der Waals surface area contributed by atoms with Crippen LogP contribution in [0, 0.1) is 0 Å². The van der Waals surface area contributed by atoms with Crippen molar-refractivity contribution in [2.75, 3.05) is 0 Å². The molecule has 1 atom stereocenters. The standard InChI is InChI=1S/C9H8BrCl2N5/c1-4(13)9-14-15-16-17(9)6-3-2-5(10)7(11)8(6)12/h2-4H,13H2,1H3. The van der Waals surface area contributed by atoms with Crippen molar-refractivity contribution >= 4 is 39.1 Å². The lowest BCUT2D eigenvalue weighted by Gasteiger charge is -2.10. The fourth-order valence-electron chi connectivity index (χ4n) is 1.33. The van der Waals surface area contributed by atoms with Crippen LogP contribution in [0.5, 0.6) is 0 Å². The molecule has 1 aromatic carbocycles. The zero-order valence-corrected chi connectivity index (χ0v) is 11.8. The summed E-state index contributed by atoms with van der Waals surface area (Å²) in [5.74, 6) is 0.519. The number of aromatic nitrogens is 4. The molecule has 2 aromatic rings. The predicted octanol–water partition coefficient (Wildman–Crippen LogP) is 2.75. The Hall–Kier alpha value is -0.690. The van der Waals surface area contributed by atoms with Crippen LogP contribution in [0.2, 0.25) is 10.0 Å². The molecule has 1 heterocycles. The second-order valence-corrected chi connectivity index (χ2v) is 5.04. The van der Waals surface area contributed by atoms with Crippen LogP contribution in [0.15, 0.2) is 16.6 Å². The van der Waals surface area contributed by atoms with Crippen molar-refractivity contribution in [1.82, 2.24) is 20.2 Å². The van der Waals surface area contributed by atoms with Gasteiger partial charge in [0, 0.05) is 4.47 Å². The van der Waals surface area contributed by atoms with Gasteiger partial charge in [-0.25, -0.2) is 0 Å². The Bertz CT molecular complexity index is 554. The number of hydrogen-bond donors (Lipinski definition) is 1. The van der Waals surface area contributed by atoms with E-state index in [-0.39, 0.29) is 6.04 Å². The van der Waals surface area contributed by atoms with Crippen LogP contribution in [-0.2, 0) is 0 Å². The van der Waals surface area contributed by atoms with Crippen molar-refractivity contribution in [3.8, 4) is 5.69 Å². The zero-order chi connectivity index (χ0) is 12.6. The quantitative estimate of drug-likeness (QED) is 0.856. The lowest BCUT2D eigenvalue weighted by molar-refractivity contribution is 0.688. The van der Waals surface area contributed by atoms with Crippen LogP contribution in [0.25, 0.3) is 5.69 Å². The lowest BCUT2D eigenvalue weighted by Crippen LogP contribution is -2.13. The maximum absolute atomic E-state index is 6.15. The van der Waals surface area contributed by atoms with Crippen LogP contribution in [0.3, 0.4) is 0 Å². The third-order valence-electron chi connectivity index (χ3n) is 2.14. The van der Waals surface area contributed by atoms with Crippen LogP contribution >= 0.6 is 39.1 Å². The van der Waals surface area contributed by atoms with E-state index in [2.05, 4.69) is 31.5 Å². The third kappa shape index (κ3) is 2.30. The van der Waals surface area contributed by atoms with Gasteiger partial charge < -0.3 is 5.73 Å². The van der Waals surface area contributed by atoms with Gasteiger partial charge in [0.05, 0.1) is 21.8 Å². The molecular weight excluding hydrogens is 329 g/mol. The number of hydrogen-bond acceptors (Lipinski definition) is 4. The highest BCUT2D eigenvalue weighted by molar-refractivity contribution is 9.10. The average molecular weight is 337 g/mol. The van der Waals surface area contributed by atoms with Gasteiger partial charge in [0.1, 0.15) is 0 Å². The van der Waals surface area contributed by atoms with Gasteiger partial charge in [0.25, 0.3) is 0 Å². The molecule has 1 unspecified atom stereocenters. The number of nitrogens with two attached hydrogens (primary N) is 1. The minimum absolute atomic E-state index is 0.302. The first-order valence-electron chi connectivity index (χ1n) is 4.70. The molecule has 0 radical (unpaired) electrons. The third-order valence-corrected chi connectivity index (χ3v) is 3.90. The molecular formula is C9H8BrCl2N5. The summed E-state index contributed by atoms with van der Waals surface area (Å²) in [4.78, 5) is 0. The number of tetrazole rings is 1. The Kier molecular flexibility index (Phi) is 3.67. The molecule has 0 saturated heterocycles. The second kappa shape index (κ2) is 4.89. The summed E-state index contributed by atoms with van der Waals surface area (Å²) < 4.78 is 2.19. The molecule has 0 bridgehead atoms. The van der Waals surface area contributed by atoms with Crippen LogP contribution < -0.4 is 5.73 Å². The molecule has 2 rings (SSSR count). The van der Waals surface area contributed by atoms with Gasteiger partial charge in [-0.3, -0.25) is 0 Å². The van der Waals surface area contributed by atoms with E-state index in [0.717, 1.165) is 0 Å². The number of rotatable bonds is 2. The van der Waals surface area contributed by atoms with Gasteiger partial charge >= 0.3 is 0 Å². The monoisotopic (exact) mass is 335 g/mol. The topological polar surface area (TPSA) is 69.6 Å². The van der Waals surface area contributed by atoms with Crippen molar-refractivity contribution in [3.63, 3.8) is 0 Å². The molecule has 0 spiro atoms. The zero-order valence-electron chi connectivity index (χ0n) is 8.73. The molecule has 2 N–H and O–H groups in total. The van der Waals surface area contributed by atoms with Gasteiger partial charge in [0.2, 0.25) is 0 Å². The Morgan fingerprint density at radius 2 is 2.06 bits per heavy atom. The number of benzene rings is 1. The van der Waals surface area contributed by atoms with E-state index in [9.17, 15) is 0 Å². The fraction of sp³-hybridized carbons (Fsp3) is 0.222. The molecule has 5 nitrogen and oxygen atoms in total. The molecule has 0 aliphatic heterocycles.